The van der Waals surface area contributed by atoms with Crippen LogP contribution in [0.5, 0.6) is 0 Å². The van der Waals surface area contributed by atoms with E-state index in [2.05, 4.69) is 48.5 Å². The fraction of sp³-hybridized carbons (Fsp3) is 0.348. The number of amides is 1. The maximum absolute atomic E-state index is 12.9. The number of nitrogens with one attached hydrogen (secondary N) is 1. The first kappa shape index (κ1) is 21.0. The van der Waals surface area contributed by atoms with E-state index in [4.69, 9.17) is 0 Å². The van der Waals surface area contributed by atoms with Crippen molar-refractivity contribution in [3.05, 3.63) is 86.0 Å². The van der Waals surface area contributed by atoms with Crippen LogP contribution in [0.1, 0.15) is 72.1 Å². The standard InChI is InChI=1S/C23H27N3O2S/c1-4-14-26-21(27)13-12-19(25-26)23(28)24-22(20-7-6-15-29-20)18-10-8-17(9-11-18)16(3)5-2/h6-13,15-16,22H,4-5,14H2,1-3H3,(H,24,28). The largest absolute Gasteiger partial charge is 0.339 e. The maximum atomic E-state index is 12.9. The minimum absolute atomic E-state index is 0.196. The molecule has 0 fully saturated rings. The molecule has 2 aromatic heterocycles. The third-order valence-corrected chi connectivity index (χ3v) is 6.03. The van der Waals surface area contributed by atoms with Crippen molar-refractivity contribution in [3.8, 4) is 0 Å². The maximum Gasteiger partial charge on any atom is 0.272 e. The molecule has 2 unspecified atom stereocenters. The average Bonchev–Trinajstić information content (AvgIpc) is 3.27. The Bertz CT molecular complexity index is 994. The minimum atomic E-state index is -0.292. The lowest BCUT2D eigenvalue weighted by Crippen LogP contribution is -2.32. The van der Waals surface area contributed by atoms with Crippen molar-refractivity contribution in [3.63, 3.8) is 0 Å². The molecule has 3 aromatic rings. The molecule has 1 N–H and O–H groups in total. The SMILES string of the molecule is CCCn1nc(C(=O)NC(c2ccc(C(C)CC)cc2)c2cccs2)ccc1=O. The number of carbonyl (C=O) groups is 1. The van der Waals surface area contributed by atoms with E-state index in [1.807, 2.05) is 24.4 Å². The molecule has 2 heterocycles. The average molecular weight is 410 g/mol. The van der Waals surface area contributed by atoms with E-state index in [9.17, 15) is 9.59 Å². The highest BCUT2D eigenvalue weighted by molar-refractivity contribution is 7.10. The number of rotatable bonds is 8. The van der Waals surface area contributed by atoms with Gasteiger partial charge in [0, 0.05) is 17.5 Å². The third kappa shape index (κ3) is 5.01. The summed E-state index contributed by atoms with van der Waals surface area (Å²) in [4.78, 5) is 25.9. The third-order valence-electron chi connectivity index (χ3n) is 5.09. The number of benzene rings is 1. The number of aromatic nitrogens is 2. The monoisotopic (exact) mass is 409 g/mol. The highest BCUT2D eigenvalue weighted by Gasteiger charge is 2.20. The molecule has 0 spiro atoms. The van der Waals surface area contributed by atoms with Gasteiger partial charge in [-0.25, -0.2) is 4.68 Å². The van der Waals surface area contributed by atoms with Gasteiger partial charge in [0.25, 0.3) is 11.5 Å². The number of nitrogens with zero attached hydrogens (tertiary/aromatic N) is 2. The van der Waals surface area contributed by atoms with E-state index in [-0.39, 0.29) is 23.2 Å². The lowest BCUT2D eigenvalue weighted by molar-refractivity contribution is 0.0936. The van der Waals surface area contributed by atoms with Gasteiger partial charge in [-0.15, -0.1) is 11.3 Å². The summed E-state index contributed by atoms with van der Waals surface area (Å²) in [6.07, 6.45) is 1.86. The van der Waals surface area contributed by atoms with Crippen molar-refractivity contribution in [1.82, 2.24) is 15.1 Å². The Labute approximate surface area is 175 Å². The molecular weight excluding hydrogens is 382 g/mol. The second-order valence-electron chi connectivity index (χ2n) is 7.18. The van der Waals surface area contributed by atoms with Gasteiger partial charge in [0.05, 0.1) is 6.04 Å². The Kier molecular flexibility index (Phi) is 6.99. The molecule has 1 amide bonds. The zero-order valence-corrected chi connectivity index (χ0v) is 17.9. The molecule has 0 bridgehead atoms. The van der Waals surface area contributed by atoms with E-state index < -0.39 is 0 Å². The summed E-state index contributed by atoms with van der Waals surface area (Å²) < 4.78 is 1.34. The van der Waals surface area contributed by atoms with Crippen LogP contribution in [0.15, 0.2) is 58.7 Å². The number of hydrogen-bond acceptors (Lipinski definition) is 4. The molecule has 0 aliphatic rings. The number of carbonyl (C=O) groups excluding carboxylic acids is 1. The van der Waals surface area contributed by atoms with E-state index in [1.165, 1.54) is 22.4 Å². The molecule has 0 saturated carbocycles. The molecule has 0 saturated heterocycles. The summed E-state index contributed by atoms with van der Waals surface area (Å²) in [5, 5.41) is 9.33. The molecule has 0 aliphatic carbocycles. The van der Waals surface area contributed by atoms with Gasteiger partial charge < -0.3 is 5.32 Å². The van der Waals surface area contributed by atoms with Crippen LogP contribution in [-0.4, -0.2) is 15.7 Å². The molecule has 2 atom stereocenters. The van der Waals surface area contributed by atoms with E-state index >= 15 is 0 Å². The van der Waals surface area contributed by atoms with Crippen LogP contribution < -0.4 is 10.9 Å². The van der Waals surface area contributed by atoms with Gasteiger partial charge in [-0.3, -0.25) is 9.59 Å². The van der Waals surface area contributed by atoms with Crippen LogP contribution in [0.3, 0.4) is 0 Å². The molecule has 3 rings (SSSR count). The number of thiophene rings is 1. The summed E-state index contributed by atoms with van der Waals surface area (Å²) >= 11 is 1.60. The van der Waals surface area contributed by atoms with Gasteiger partial charge in [0.2, 0.25) is 0 Å². The first-order chi connectivity index (χ1) is 14.0. The Morgan fingerprint density at radius 3 is 2.45 bits per heavy atom. The number of aryl methyl sites for hydroxylation is 1. The van der Waals surface area contributed by atoms with Crippen molar-refractivity contribution < 1.29 is 4.79 Å². The summed E-state index contributed by atoms with van der Waals surface area (Å²) in [5.74, 6) is 0.210. The van der Waals surface area contributed by atoms with Gasteiger partial charge in [-0.2, -0.15) is 5.10 Å². The lowest BCUT2D eigenvalue weighted by atomic mass is 9.95. The Morgan fingerprint density at radius 1 is 1.10 bits per heavy atom. The van der Waals surface area contributed by atoms with Crippen LogP contribution in [0.2, 0.25) is 0 Å². The smallest absolute Gasteiger partial charge is 0.272 e. The molecule has 29 heavy (non-hydrogen) atoms. The van der Waals surface area contributed by atoms with Gasteiger partial charge in [0.15, 0.2) is 0 Å². The Morgan fingerprint density at radius 2 is 1.83 bits per heavy atom. The highest BCUT2D eigenvalue weighted by Crippen LogP contribution is 2.28. The second-order valence-corrected chi connectivity index (χ2v) is 8.16. The molecule has 1 aromatic carbocycles. The second kappa shape index (κ2) is 9.65. The van der Waals surface area contributed by atoms with Crippen molar-refractivity contribution in [1.29, 1.82) is 0 Å². The topological polar surface area (TPSA) is 64.0 Å². The van der Waals surface area contributed by atoms with Crippen LogP contribution in [0.4, 0.5) is 0 Å². The zero-order chi connectivity index (χ0) is 20.8. The number of hydrogen-bond donors (Lipinski definition) is 1. The van der Waals surface area contributed by atoms with E-state index in [0.717, 1.165) is 23.3 Å². The molecule has 0 radical (unpaired) electrons. The fourth-order valence-corrected chi connectivity index (χ4v) is 3.98. The Balaban J connectivity index is 1.88. The van der Waals surface area contributed by atoms with Crippen molar-refractivity contribution in [2.75, 3.05) is 0 Å². The molecule has 6 heteroatoms. The zero-order valence-electron chi connectivity index (χ0n) is 17.1. The van der Waals surface area contributed by atoms with Crippen LogP contribution in [0, 0.1) is 0 Å². The normalized spacial score (nSPS) is 13.1. The van der Waals surface area contributed by atoms with E-state index in [0.29, 0.717) is 12.5 Å². The summed E-state index contributed by atoms with van der Waals surface area (Å²) in [6, 6.07) is 15.1. The van der Waals surface area contributed by atoms with Gasteiger partial charge in [0.1, 0.15) is 5.69 Å². The first-order valence-electron chi connectivity index (χ1n) is 10.1. The predicted molar refractivity (Wildman–Crippen MR) is 118 cm³/mol. The van der Waals surface area contributed by atoms with Crippen molar-refractivity contribution in [2.24, 2.45) is 0 Å². The fourth-order valence-electron chi connectivity index (χ4n) is 3.17. The van der Waals surface area contributed by atoms with Crippen LogP contribution in [-0.2, 0) is 6.54 Å². The summed E-state index contributed by atoms with van der Waals surface area (Å²) in [6.45, 7) is 6.85. The first-order valence-corrected chi connectivity index (χ1v) is 10.9. The molecule has 5 nitrogen and oxygen atoms in total. The molecule has 152 valence electrons. The quantitative estimate of drug-likeness (QED) is 0.584. The van der Waals surface area contributed by atoms with Gasteiger partial charge in [-0.1, -0.05) is 51.1 Å². The van der Waals surface area contributed by atoms with Crippen LogP contribution >= 0.6 is 11.3 Å². The summed E-state index contributed by atoms with van der Waals surface area (Å²) in [5.41, 5.74) is 2.37. The lowest BCUT2D eigenvalue weighted by Gasteiger charge is -2.19. The molecular formula is C23H27N3O2S. The van der Waals surface area contributed by atoms with Crippen LogP contribution in [0.25, 0.3) is 0 Å². The van der Waals surface area contributed by atoms with Crippen molar-refractivity contribution >= 4 is 17.2 Å². The van der Waals surface area contributed by atoms with Gasteiger partial charge >= 0.3 is 0 Å². The Hall–Kier alpha value is -2.73. The predicted octanol–water partition coefficient (Wildman–Crippen LogP) is 4.75. The molecule has 0 aliphatic heterocycles. The highest BCUT2D eigenvalue weighted by atomic mass is 32.1. The van der Waals surface area contributed by atoms with Crippen molar-refractivity contribution in [2.45, 2.75) is 52.1 Å². The minimum Gasteiger partial charge on any atom is -0.339 e. The van der Waals surface area contributed by atoms with E-state index in [1.54, 1.807) is 11.3 Å². The summed E-state index contributed by atoms with van der Waals surface area (Å²) in [7, 11) is 0. The van der Waals surface area contributed by atoms with Gasteiger partial charge in [-0.05, 0) is 47.4 Å².